The third-order valence-electron chi connectivity index (χ3n) is 5.21. The molecular weight excluding hydrogens is 404 g/mol. The van der Waals surface area contributed by atoms with E-state index in [0.717, 1.165) is 54.6 Å². The van der Waals surface area contributed by atoms with Crippen LogP contribution in [0.25, 0.3) is 0 Å². The quantitative estimate of drug-likeness (QED) is 0.791. The summed E-state index contributed by atoms with van der Waals surface area (Å²) in [6, 6.07) is 8.48. The summed E-state index contributed by atoms with van der Waals surface area (Å²) in [5, 5.41) is 10.6. The van der Waals surface area contributed by atoms with Gasteiger partial charge in [-0.25, -0.2) is 0 Å². The van der Waals surface area contributed by atoms with Gasteiger partial charge in [0.2, 0.25) is 0 Å². The molecule has 0 spiro atoms. The average molecular weight is 426 g/mol. The van der Waals surface area contributed by atoms with Crippen molar-refractivity contribution in [2.75, 3.05) is 20.1 Å². The van der Waals surface area contributed by atoms with Crippen LogP contribution in [0.3, 0.4) is 0 Å². The van der Waals surface area contributed by atoms with Gasteiger partial charge in [0.1, 0.15) is 0 Å². The second-order valence-electron chi connectivity index (χ2n) is 6.90. The zero-order valence-corrected chi connectivity index (χ0v) is 16.5. The highest BCUT2D eigenvalue weighted by atomic mass is 79.9. The van der Waals surface area contributed by atoms with Crippen LogP contribution in [0.5, 0.6) is 0 Å². The van der Waals surface area contributed by atoms with Crippen molar-refractivity contribution in [3.8, 4) is 0 Å². The van der Waals surface area contributed by atoms with Crippen LogP contribution >= 0.6 is 28.3 Å². The monoisotopic (exact) mass is 424 g/mol. The molecule has 0 bridgehead atoms. The first-order valence-electron chi connectivity index (χ1n) is 8.37. The Morgan fingerprint density at radius 3 is 2.72 bits per heavy atom. The molecule has 1 amide bonds. The molecule has 2 heterocycles. The lowest BCUT2D eigenvalue weighted by molar-refractivity contribution is 0.0774. The molecule has 1 aromatic heterocycles. The van der Waals surface area contributed by atoms with Gasteiger partial charge in [-0.05, 0) is 30.5 Å². The second-order valence-corrected chi connectivity index (χ2v) is 7.82. The maximum atomic E-state index is 12.9. The van der Waals surface area contributed by atoms with Crippen molar-refractivity contribution in [2.24, 2.45) is 0 Å². The summed E-state index contributed by atoms with van der Waals surface area (Å²) in [6.45, 7) is 2.40. The summed E-state index contributed by atoms with van der Waals surface area (Å²) in [5.41, 5.74) is 4.13. The van der Waals surface area contributed by atoms with E-state index >= 15 is 0 Å². The SMILES string of the molecule is CN(CC1(c2ccc(Br)cc2)CC1)C(=O)c1n[nH]c2c1CNCC2.Cl. The molecule has 134 valence electrons. The fraction of sp³-hybridized carbons (Fsp3) is 0.444. The van der Waals surface area contributed by atoms with E-state index < -0.39 is 0 Å². The number of nitrogens with zero attached hydrogens (tertiary/aromatic N) is 2. The Morgan fingerprint density at radius 1 is 1.32 bits per heavy atom. The minimum Gasteiger partial charge on any atom is -0.339 e. The van der Waals surface area contributed by atoms with Crippen LogP contribution in [-0.4, -0.2) is 41.1 Å². The van der Waals surface area contributed by atoms with E-state index in [2.05, 4.69) is 55.7 Å². The van der Waals surface area contributed by atoms with Crippen LogP contribution in [0.15, 0.2) is 28.7 Å². The molecule has 0 atom stereocenters. The number of benzene rings is 1. The predicted octanol–water partition coefficient (Wildman–Crippen LogP) is 3.04. The Labute approximate surface area is 162 Å². The van der Waals surface area contributed by atoms with Crippen molar-refractivity contribution in [2.45, 2.75) is 31.2 Å². The number of fused-ring (bicyclic) bond motifs is 1. The summed E-state index contributed by atoms with van der Waals surface area (Å²) < 4.78 is 1.09. The molecule has 1 saturated carbocycles. The van der Waals surface area contributed by atoms with Gasteiger partial charge in [-0.1, -0.05) is 28.1 Å². The van der Waals surface area contributed by atoms with Crippen LogP contribution < -0.4 is 5.32 Å². The van der Waals surface area contributed by atoms with Crippen LogP contribution in [0.2, 0.25) is 0 Å². The molecule has 2 aliphatic rings. The number of hydrogen-bond donors (Lipinski definition) is 2. The topological polar surface area (TPSA) is 61.0 Å². The summed E-state index contributed by atoms with van der Waals surface area (Å²) >= 11 is 3.49. The molecule has 2 N–H and O–H groups in total. The van der Waals surface area contributed by atoms with Gasteiger partial charge in [0.15, 0.2) is 5.69 Å². The molecule has 4 rings (SSSR count). The number of rotatable bonds is 4. The predicted molar refractivity (Wildman–Crippen MR) is 103 cm³/mol. The number of H-pyrrole nitrogens is 1. The molecule has 5 nitrogen and oxygen atoms in total. The van der Waals surface area contributed by atoms with E-state index in [-0.39, 0.29) is 23.7 Å². The largest absolute Gasteiger partial charge is 0.339 e. The Kier molecular flexibility index (Phi) is 5.23. The van der Waals surface area contributed by atoms with E-state index in [0.29, 0.717) is 5.69 Å². The molecule has 1 aromatic carbocycles. The maximum absolute atomic E-state index is 12.9. The van der Waals surface area contributed by atoms with E-state index in [4.69, 9.17) is 0 Å². The van der Waals surface area contributed by atoms with Crippen molar-refractivity contribution in [3.63, 3.8) is 0 Å². The van der Waals surface area contributed by atoms with Gasteiger partial charge in [-0.2, -0.15) is 5.10 Å². The van der Waals surface area contributed by atoms with Crippen molar-refractivity contribution in [1.29, 1.82) is 0 Å². The van der Waals surface area contributed by atoms with Crippen LogP contribution in [0.1, 0.15) is 40.2 Å². The number of carbonyl (C=O) groups is 1. The van der Waals surface area contributed by atoms with Gasteiger partial charge in [0.25, 0.3) is 5.91 Å². The third kappa shape index (κ3) is 3.48. The highest BCUT2D eigenvalue weighted by molar-refractivity contribution is 9.10. The standard InChI is InChI=1S/C18H21BrN4O.ClH/c1-23(11-18(7-8-18)12-2-4-13(19)5-3-12)17(24)16-14-10-20-9-6-15(14)21-22-16;/h2-5,20H,6-11H2,1H3,(H,21,22);1H. The Bertz CT molecular complexity index is 770. The number of aromatic nitrogens is 2. The van der Waals surface area contributed by atoms with E-state index in [9.17, 15) is 4.79 Å². The summed E-state index contributed by atoms with van der Waals surface area (Å²) in [4.78, 5) is 14.7. The molecule has 0 unspecified atom stereocenters. The van der Waals surface area contributed by atoms with Crippen LogP contribution in [0, 0.1) is 0 Å². The minimum atomic E-state index is 0. The lowest BCUT2D eigenvalue weighted by atomic mass is 9.95. The molecule has 1 fully saturated rings. The number of amides is 1. The number of hydrogen-bond acceptors (Lipinski definition) is 3. The average Bonchev–Trinajstić information content (AvgIpc) is 3.24. The Hall–Kier alpha value is -1.37. The first kappa shape index (κ1) is 18.4. The van der Waals surface area contributed by atoms with Gasteiger partial charge >= 0.3 is 0 Å². The van der Waals surface area contributed by atoms with E-state index in [1.807, 2.05) is 11.9 Å². The molecule has 1 aliphatic carbocycles. The zero-order valence-electron chi connectivity index (χ0n) is 14.1. The maximum Gasteiger partial charge on any atom is 0.274 e. The van der Waals surface area contributed by atoms with Gasteiger partial charge in [0.05, 0.1) is 0 Å². The highest BCUT2D eigenvalue weighted by Crippen LogP contribution is 2.48. The van der Waals surface area contributed by atoms with Gasteiger partial charge < -0.3 is 10.2 Å². The Balaban J connectivity index is 0.00000182. The second kappa shape index (κ2) is 7.09. The minimum absolute atomic E-state index is 0. The summed E-state index contributed by atoms with van der Waals surface area (Å²) in [7, 11) is 1.89. The smallest absolute Gasteiger partial charge is 0.274 e. The molecule has 0 radical (unpaired) electrons. The van der Waals surface area contributed by atoms with Crippen molar-refractivity contribution < 1.29 is 4.79 Å². The van der Waals surface area contributed by atoms with Gasteiger partial charge in [-0.15, -0.1) is 12.4 Å². The molecule has 2 aromatic rings. The molecular formula is C18H22BrClN4O. The number of halogens is 2. The zero-order chi connectivity index (χ0) is 16.7. The van der Waals surface area contributed by atoms with Crippen molar-refractivity contribution in [1.82, 2.24) is 20.4 Å². The van der Waals surface area contributed by atoms with Gasteiger partial charge in [0, 0.05) is 54.2 Å². The number of likely N-dealkylation sites (N-methyl/N-ethyl adjacent to an activating group) is 1. The van der Waals surface area contributed by atoms with Gasteiger partial charge in [-0.3, -0.25) is 9.89 Å². The lowest BCUT2D eigenvalue weighted by Gasteiger charge is -2.24. The van der Waals surface area contributed by atoms with E-state index in [1.54, 1.807) is 0 Å². The number of carbonyl (C=O) groups excluding carboxylic acids is 1. The Morgan fingerprint density at radius 2 is 2.04 bits per heavy atom. The third-order valence-corrected chi connectivity index (χ3v) is 5.73. The summed E-state index contributed by atoms with van der Waals surface area (Å²) in [6.07, 6.45) is 3.17. The highest BCUT2D eigenvalue weighted by Gasteiger charge is 2.46. The molecule has 25 heavy (non-hydrogen) atoms. The van der Waals surface area contributed by atoms with Crippen molar-refractivity contribution >= 4 is 34.2 Å². The fourth-order valence-corrected chi connectivity index (χ4v) is 3.87. The summed E-state index contributed by atoms with van der Waals surface area (Å²) in [5.74, 6) is 0.0135. The van der Waals surface area contributed by atoms with Crippen LogP contribution in [-0.2, 0) is 18.4 Å². The molecule has 1 aliphatic heterocycles. The molecule has 0 saturated heterocycles. The lowest BCUT2D eigenvalue weighted by Crippen LogP contribution is -2.35. The van der Waals surface area contributed by atoms with Crippen LogP contribution in [0.4, 0.5) is 0 Å². The number of nitrogens with one attached hydrogen (secondary N) is 2. The first-order chi connectivity index (χ1) is 11.6. The number of aromatic amines is 1. The fourth-order valence-electron chi connectivity index (χ4n) is 3.60. The first-order valence-corrected chi connectivity index (χ1v) is 9.17. The van der Waals surface area contributed by atoms with Crippen molar-refractivity contribution in [3.05, 3.63) is 51.3 Å². The molecule has 7 heteroatoms. The van der Waals surface area contributed by atoms with E-state index in [1.165, 1.54) is 5.56 Å². The normalized spacial score (nSPS) is 17.4.